The predicted molar refractivity (Wildman–Crippen MR) is 78.1 cm³/mol. The summed E-state index contributed by atoms with van der Waals surface area (Å²) < 4.78 is 6.63. The molecule has 0 atom stereocenters. The second kappa shape index (κ2) is 5.55. The van der Waals surface area contributed by atoms with Gasteiger partial charge in [-0.25, -0.2) is 9.78 Å². The number of esters is 1. The number of benzene rings is 1. The molecule has 2 rings (SSSR count). The van der Waals surface area contributed by atoms with E-state index in [4.69, 9.17) is 16.3 Å². The molecular weight excluding hydrogens is 385 g/mol. The van der Waals surface area contributed by atoms with Gasteiger partial charge in [0.1, 0.15) is 5.15 Å². The first-order chi connectivity index (χ1) is 8.52. The lowest BCUT2D eigenvalue weighted by molar-refractivity contribution is 0.0526. The molecule has 94 valence electrons. The first-order valence-electron chi connectivity index (χ1n) is 5.15. The summed E-state index contributed by atoms with van der Waals surface area (Å²) in [4.78, 5) is 15.9. The zero-order chi connectivity index (χ0) is 13.3. The van der Waals surface area contributed by atoms with Gasteiger partial charge in [0.2, 0.25) is 0 Å². The lowest BCUT2D eigenvalue weighted by Crippen LogP contribution is -2.06. The fourth-order valence-corrected chi connectivity index (χ4v) is 3.10. The summed E-state index contributed by atoms with van der Waals surface area (Å²) >= 11 is 12.8. The third-order valence-corrected chi connectivity index (χ3v) is 3.64. The molecule has 1 heterocycles. The van der Waals surface area contributed by atoms with E-state index in [-0.39, 0.29) is 10.7 Å². The van der Waals surface area contributed by atoms with Crippen LogP contribution in [0.3, 0.4) is 0 Å². The van der Waals surface area contributed by atoms with E-state index in [0.717, 1.165) is 14.3 Å². The van der Waals surface area contributed by atoms with Gasteiger partial charge in [0.05, 0.1) is 17.7 Å². The molecule has 0 unspecified atom stereocenters. The Labute approximate surface area is 126 Å². The van der Waals surface area contributed by atoms with Crippen LogP contribution in [0.15, 0.2) is 27.1 Å². The molecule has 0 radical (unpaired) electrons. The summed E-state index contributed by atoms with van der Waals surface area (Å²) in [6, 6.07) is 5.42. The van der Waals surface area contributed by atoms with Crippen LogP contribution in [-0.2, 0) is 4.74 Å². The molecule has 0 aliphatic heterocycles. The van der Waals surface area contributed by atoms with Gasteiger partial charge in [0, 0.05) is 14.3 Å². The van der Waals surface area contributed by atoms with Crippen LogP contribution in [0.2, 0.25) is 5.15 Å². The lowest BCUT2D eigenvalue weighted by atomic mass is 10.1. The first kappa shape index (κ1) is 13.8. The van der Waals surface area contributed by atoms with Gasteiger partial charge in [-0.15, -0.1) is 0 Å². The summed E-state index contributed by atoms with van der Waals surface area (Å²) in [6.45, 7) is 2.04. The molecule has 0 bridgehead atoms. The van der Waals surface area contributed by atoms with E-state index in [1.807, 2.05) is 12.1 Å². The van der Waals surface area contributed by atoms with Crippen molar-refractivity contribution in [2.75, 3.05) is 6.61 Å². The second-order valence-electron chi connectivity index (χ2n) is 3.51. The highest BCUT2D eigenvalue weighted by molar-refractivity contribution is 9.11. The van der Waals surface area contributed by atoms with E-state index in [1.165, 1.54) is 0 Å². The van der Waals surface area contributed by atoms with Crippen molar-refractivity contribution in [2.45, 2.75) is 6.92 Å². The Bertz CT molecular complexity index is 631. The van der Waals surface area contributed by atoms with Crippen molar-refractivity contribution in [2.24, 2.45) is 0 Å². The molecule has 1 aromatic heterocycles. The highest BCUT2D eigenvalue weighted by atomic mass is 79.9. The molecule has 0 spiro atoms. The molecule has 6 heteroatoms. The van der Waals surface area contributed by atoms with E-state index < -0.39 is 5.97 Å². The molecule has 2 aromatic rings. The van der Waals surface area contributed by atoms with Gasteiger partial charge in [-0.3, -0.25) is 0 Å². The largest absolute Gasteiger partial charge is 0.462 e. The number of halogens is 3. The number of hydrogen-bond acceptors (Lipinski definition) is 3. The van der Waals surface area contributed by atoms with E-state index >= 15 is 0 Å². The molecule has 0 saturated carbocycles. The summed E-state index contributed by atoms with van der Waals surface area (Å²) in [6.07, 6.45) is 0. The van der Waals surface area contributed by atoms with Crippen LogP contribution >= 0.6 is 43.5 Å². The molecule has 18 heavy (non-hydrogen) atoms. The summed E-state index contributed by atoms with van der Waals surface area (Å²) in [7, 11) is 0. The Balaban J connectivity index is 2.64. The topological polar surface area (TPSA) is 39.2 Å². The van der Waals surface area contributed by atoms with Gasteiger partial charge in [-0.05, 0) is 41.1 Å². The Morgan fingerprint density at radius 1 is 1.39 bits per heavy atom. The highest BCUT2D eigenvalue weighted by Gasteiger charge is 2.15. The minimum Gasteiger partial charge on any atom is -0.462 e. The third-order valence-electron chi connectivity index (χ3n) is 2.29. The maximum Gasteiger partial charge on any atom is 0.341 e. The number of pyridine rings is 1. The summed E-state index contributed by atoms with van der Waals surface area (Å²) in [5.41, 5.74) is 0.979. The van der Waals surface area contributed by atoms with Crippen molar-refractivity contribution in [3.63, 3.8) is 0 Å². The molecule has 0 aliphatic rings. The van der Waals surface area contributed by atoms with Crippen LogP contribution in [0.4, 0.5) is 0 Å². The third kappa shape index (κ3) is 2.68. The van der Waals surface area contributed by atoms with Crippen LogP contribution in [0.5, 0.6) is 0 Å². The van der Waals surface area contributed by atoms with Gasteiger partial charge in [0.25, 0.3) is 0 Å². The number of aromatic nitrogens is 1. The van der Waals surface area contributed by atoms with E-state index in [0.29, 0.717) is 12.1 Å². The van der Waals surface area contributed by atoms with Crippen LogP contribution in [0.1, 0.15) is 17.3 Å². The number of ether oxygens (including phenoxy) is 1. The SMILES string of the molecule is CCOC(=O)c1cc2cc(Br)cc(Br)c2nc1Cl. The zero-order valence-corrected chi connectivity index (χ0v) is 13.3. The van der Waals surface area contributed by atoms with Crippen molar-refractivity contribution in [1.82, 2.24) is 4.98 Å². The van der Waals surface area contributed by atoms with Gasteiger partial charge in [-0.1, -0.05) is 27.5 Å². The number of nitrogens with zero attached hydrogens (tertiary/aromatic N) is 1. The fourth-order valence-electron chi connectivity index (χ4n) is 1.54. The van der Waals surface area contributed by atoms with Crippen LogP contribution in [0.25, 0.3) is 10.9 Å². The second-order valence-corrected chi connectivity index (χ2v) is 5.63. The number of carbonyl (C=O) groups is 1. The Morgan fingerprint density at radius 2 is 2.11 bits per heavy atom. The van der Waals surface area contributed by atoms with Crippen LogP contribution in [0, 0.1) is 0 Å². The smallest absolute Gasteiger partial charge is 0.341 e. The van der Waals surface area contributed by atoms with E-state index in [1.54, 1.807) is 13.0 Å². The Kier molecular flexibility index (Phi) is 4.25. The summed E-state index contributed by atoms with van der Waals surface area (Å²) in [5.74, 6) is -0.465. The number of carbonyl (C=O) groups excluding carboxylic acids is 1. The molecule has 0 N–H and O–H groups in total. The predicted octanol–water partition coefficient (Wildman–Crippen LogP) is 4.59. The molecular formula is C12H8Br2ClNO2. The first-order valence-corrected chi connectivity index (χ1v) is 7.11. The Morgan fingerprint density at radius 3 is 2.78 bits per heavy atom. The lowest BCUT2D eigenvalue weighted by Gasteiger charge is -2.07. The van der Waals surface area contributed by atoms with Crippen molar-refractivity contribution >= 4 is 60.3 Å². The van der Waals surface area contributed by atoms with Gasteiger partial charge in [0.15, 0.2) is 0 Å². The van der Waals surface area contributed by atoms with Crippen molar-refractivity contribution in [3.05, 3.63) is 37.9 Å². The zero-order valence-electron chi connectivity index (χ0n) is 9.34. The van der Waals surface area contributed by atoms with Gasteiger partial charge in [-0.2, -0.15) is 0 Å². The number of fused-ring (bicyclic) bond motifs is 1. The minimum absolute atomic E-state index is 0.143. The number of hydrogen-bond donors (Lipinski definition) is 0. The van der Waals surface area contributed by atoms with Gasteiger partial charge >= 0.3 is 5.97 Å². The quantitative estimate of drug-likeness (QED) is 0.553. The maximum atomic E-state index is 11.7. The highest BCUT2D eigenvalue weighted by Crippen LogP contribution is 2.30. The van der Waals surface area contributed by atoms with Crippen molar-refractivity contribution in [1.29, 1.82) is 0 Å². The van der Waals surface area contributed by atoms with Crippen LogP contribution < -0.4 is 0 Å². The van der Waals surface area contributed by atoms with Crippen LogP contribution in [-0.4, -0.2) is 17.6 Å². The molecule has 0 fully saturated rings. The van der Waals surface area contributed by atoms with Crippen molar-refractivity contribution in [3.8, 4) is 0 Å². The summed E-state index contributed by atoms with van der Waals surface area (Å²) in [5, 5.41) is 0.952. The Hall–Kier alpha value is -0.650. The van der Waals surface area contributed by atoms with Gasteiger partial charge < -0.3 is 4.74 Å². The average molecular weight is 393 g/mol. The molecule has 1 aromatic carbocycles. The maximum absolute atomic E-state index is 11.7. The fraction of sp³-hybridized carbons (Fsp3) is 0.167. The average Bonchev–Trinajstić information content (AvgIpc) is 2.29. The van der Waals surface area contributed by atoms with Crippen molar-refractivity contribution < 1.29 is 9.53 Å². The van der Waals surface area contributed by atoms with E-state index in [2.05, 4.69) is 36.8 Å². The molecule has 0 saturated heterocycles. The monoisotopic (exact) mass is 391 g/mol. The molecule has 0 aliphatic carbocycles. The normalized spacial score (nSPS) is 10.7. The standard InChI is InChI=1S/C12H8Br2ClNO2/c1-2-18-12(17)8-4-6-3-7(13)5-9(14)10(6)16-11(8)15/h3-5H,2H2,1H3. The molecule has 0 amide bonds. The minimum atomic E-state index is -0.465. The molecule has 3 nitrogen and oxygen atoms in total. The van der Waals surface area contributed by atoms with E-state index in [9.17, 15) is 4.79 Å². The number of rotatable bonds is 2.